The van der Waals surface area contributed by atoms with Crippen LogP contribution in [-0.2, 0) is 9.53 Å². The first-order valence-electron chi connectivity index (χ1n) is 5.05. The van der Waals surface area contributed by atoms with Crippen LogP contribution >= 0.6 is 0 Å². The van der Waals surface area contributed by atoms with E-state index in [9.17, 15) is 4.79 Å². The number of ether oxygens (including phenoxy) is 1. The zero-order chi connectivity index (χ0) is 10.5. The molecule has 0 bridgehead atoms. The van der Waals surface area contributed by atoms with E-state index in [4.69, 9.17) is 4.74 Å². The van der Waals surface area contributed by atoms with Gasteiger partial charge < -0.3 is 4.74 Å². The highest BCUT2D eigenvalue weighted by Crippen LogP contribution is 1.96. The quantitative estimate of drug-likeness (QED) is 0.269. The predicted octanol–water partition coefficient (Wildman–Crippen LogP) is 2.34. The number of hydrogen-bond acceptors (Lipinski definition) is 2. The first-order valence-corrected chi connectivity index (χ1v) is 5.05. The normalized spacial score (nSPS) is 9.79. The third-order valence-corrected chi connectivity index (χ3v) is 1.63. The van der Waals surface area contributed by atoms with Crippen LogP contribution in [0.15, 0.2) is 12.2 Å². The zero-order valence-corrected chi connectivity index (χ0v) is 8.79. The number of carbonyl (C=O) groups is 1. The first-order chi connectivity index (χ1) is 6.91. The lowest BCUT2D eigenvalue weighted by atomic mass is 10.2. The Kier molecular flexibility index (Phi) is 11.0. The topological polar surface area (TPSA) is 26.3 Å². The summed E-state index contributed by atoms with van der Waals surface area (Å²) in [5.74, 6) is 5.97. The number of allylic oxidation sites excluding steroid dienone is 1. The van der Waals surface area contributed by atoms with E-state index in [2.05, 4.69) is 18.8 Å². The largest absolute Gasteiger partial charge is 0.365 e. The summed E-state index contributed by atoms with van der Waals surface area (Å²) in [7, 11) is 0. The van der Waals surface area contributed by atoms with Gasteiger partial charge in [0.15, 0.2) is 0 Å². The molecule has 0 heterocycles. The van der Waals surface area contributed by atoms with Crippen molar-refractivity contribution in [3.05, 3.63) is 12.2 Å². The fourth-order valence-electron chi connectivity index (χ4n) is 0.892. The Labute approximate surface area is 86.3 Å². The summed E-state index contributed by atoms with van der Waals surface area (Å²) in [5, 5.41) is 0. The molecule has 0 aromatic heterocycles. The Morgan fingerprint density at radius 2 is 2.14 bits per heavy atom. The molecule has 0 aliphatic rings. The van der Waals surface area contributed by atoms with Gasteiger partial charge in [-0.05, 0) is 12.5 Å². The lowest BCUT2D eigenvalue weighted by Crippen LogP contribution is -1.90. The van der Waals surface area contributed by atoms with Crippen LogP contribution in [-0.4, -0.2) is 19.5 Å². The van der Waals surface area contributed by atoms with Crippen molar-refractivity contribution < 1.29 is 9.53 Å². The number of carbonyl (C=O) groups excluding carboxylic acids is 1. The van der Waals surface area contributed by atoms with Crippen molar-refractivity contribution in [2.75, 3.05) is 13.2 Å². The third-order valence-electron chi connectivity index (χ3n) is 1.63. The van der Waals surface area contributed by atoms with Crippen molar-refractivity contribution in [1.82, 2.24) is 0 Å². The van der Waals surface area contributed by atoms with Gasteiger partial charge in [-0.3, -0.25) is 4.79 Å². The minimum atomic E-state index is 0.454. The molecule has 0 atom stereocenters. The van der Waals surface area contributed by atoms with Crippen molar-refractivity contribution >= 4 is 6.29 Å². The van der Waals surface area contributed by atoms with Gasteiger partial charge >= 0.3 is 0 Å². The molecular weight excluding hydrogens is 176 g/mol. The summed E-state index contributed by atoms with van der Waals surface area (Å²) < 4.78 is 5.12. The molecule has 2 nitrogen and oxygen atoms in total. The van der Waals surface area contributed by atoms with Crippen LogP contribution in [0.3, 0.4) is 0 Å². The van der Waals surface area contributed by atoms with Crippen LogP contribution < -0.4 is 0 Å². The molecule has 0 N–H and O–H groups in total. The fraction of sp³-hybridized carbons (Fsp3) is 0.583. The van der Waals surface area contributed by atoms with E-state index in [0.29, 0.717) is 13.2 Å². The van der Waals surface area contributed by atoms with Crippen LogP contribution in [0.5, 0.6) is 0 Å². The van der Waals surface area contributed by atoms with Crippen molar-refractivity contribution in [2.45, 2.75) is 32.6 Å². The maximum absolute atomic E-state index is 9.87. The minimum absolute atomic E-state index is 0.454. The smallest absolute Gasteiger partial charge is 0.142 e. The molecule has 0 aromatic carbocycles. The second-order valence-electron chi connectivity index (χ2n) is 2.89. The molecule has 0 aliphatic heterocycles. The van der Waals surface area contributed by atoms with E-state index in [1.54, 1.807) is 6.08 Å². The standard InChI is InChI=1S/C12H18O2/c1-2-3-4-5-6-8-11-14-12-9-7-10-13/h7,9-10H,2-5,11-12H2,1H3/b9-7+. The molecule has 0 saturated carbocycles. The van der Waals surface area contributed by atoms with E-state index in [-0.39, 0.29) is 0 Å². The maximum Gasteiger partial charge on any atom is 0.142 e. The van der Waals surface area contributed by atoms with Crippen LogP contribution in [0.4, 0.5) is 0 Å². The Morgan fingerprint density at radius 1 is 1.29 bits per heavy atom. The molecule has 0 fully saturated rings. The predicted molar refractivity (Wildman–Crippen MR) is 57.9 cm³/mol. The summed E-state index contributed by atoms with van der Waals surface area (Å²) in [6.45, 7) is 3.09. The van der Waals surface area contributed by atoms with Crippen molar-refractivity contribution in [2.24, 2.45) is 0 Å². The second-order valence-corrected chi connectivity index (χ2v) is 2.89. The molecule has 0 saturated heterocycles. The van der Waals surface area contributed by atoms with E-state index in [1.165, 1.54) is 25.3 Å². The van der Waals surface area contributed by atoms with Crippen LogP contribution in [0.1, 0.15) is 32.6 Å². The fourth-order valence-corrected chi connectivity index (χ4v) is 0.892. The minimum Gasteiger partial charge on any atom is -0.365 e. The highest BCUT2D eigenvalue weighted by atomic mass is 16.5. The van der Waals surface area contributed by atoms with Gasteiger partial charge in [0.05, 0.1) is 6.61 Å². The monoisotopic (exact) mass is 194 g/mol. The highest BCUT2D eigenvalue weighted by Gasteiger charge is 1.81. The summed E-state index contributed by atoms with van der Waals surface area (Å²) in [6, 6.07) is 0. The van der Waals surface area contributed by atoms with E-state index >= 15 is 0 Å². The summed E-state index contributed by atoms with van der Waals surface area (Å²) >= 11 is 0. The molecule has 0 radical (unpaired) electrons. The Hall–Kier alpha value is -1.07. The van der Waals surface area contributed by atoms with E-state index < -0.39 is 0 Å². The molecule has 0 unspecified atom stereocenters. The van der Waals surface area contributed by atoms with Gasteiger partial charge in [0, 0.05) is 6.42 Å². The molecule has 0 aromatic rings. The molecule has 0 rings (SSSR count). The summed E-state index contributed by atoms with van der Waals surface area (Å²) in [4.78, 5) is 9.87. The second kappa shape index (κ2) is 11.9. The van der Waals surface area contributed by atoms with Crippen molar-refractivity contribution in [1.29, 1.82) is 0 Å². The maximum atomic E-state index is 9.87. The van der Waals surface area contributed by atoms with Crippen molar-refractivity contribution in [3.8, 4) is 11.8 Å². The molecule has 0 spiro atoms. The van der Waals surface area contributed by atoms with Gasteiger partial charge in [0.1, 0.15) is 12.9 Å². The first kappa shape index (κ1) is 12.9. The SMILES string of the molecule is CCCCCC#CCOC/C=C/C=O. The molecule has 0 amide bonds. The van der Waals surface area contributed by atoms with Gasteiger partial charge in [0.2, 0.25) is 0 Å². The zero-order valence-electron chi connectivity index (χ0n) is 8.79. The molecular formula is C12H18O2. The highest BCUT2D eigenvalue weighted by molar-refractivity contribution is 5.64. The molecule has 0 aliphatic carbocycles. The molecule has 14 heavy (non-hydrogen) atoms. The molecule has 2 heteroatoms. The van der Waals surface area contributed by atoms with Gasteiger partial charge in [-0.2, -0.15) is 0 Å². The van der Waals surface area contributed by atoms with Gasteiger partial charge in [-0.15, -0.1) is 5.92 Å². The number of unbranched alkanes of at least 4 members (excludes halogenated alkanes) is 3. The van der Waals surface area contributed by atoms with Gasteiger partial charge in [-0.25, -0.2) is 0 Å². The van der Waals surface area contributed by atoms with Crippen LogP contribution in [0.2, 0.25) is 0 Å². The molecule has 78 valence electrons. The Bertz CT molecular complexity index is 208. The number of hydrogen-bond donors (Lipinski definition) is 0. The summed E-state index contributed by atoms with van der Waals surface area (Å²) in [6.07, 6.45) is 8.45. The van der Waals surface area contributed by atoms with Crippen LogP contribution in [0.25, 0.3) is 0 Å². The van der Waals surface area contributed by atoms with E-state index in [0.717, 1.165) is 12.7 Å². The summed E-state index contributed by atoms with van der Waals surface area (Å²) in [5.41, 5.74) is 0. The average molecular weight is 194 g/mol. The average Bonchev–Trinajstić information content (AvgIpc) is 2.21. The van der Waals surface area contributed by atoms with Gasteiger partial charge in [0.25, 0.3) is 0 Å². The Morgan fingerprint density at radius 3 is 2.86 bits per heavy atom. The lowest BCUT2D eigenvalue weighted by Gasteiger charge is -1.91. The Balaban J connectivity index is 3.17. The number of rotatable bonds is 7. The third kappa shape index (κ3) is 10.9. The van der Waals surface area contributed by atoms with Crippen LogP contribution in [0, 0.1) is 11.8 Å². The van der Waals surface area contributed by atoms with Crippen molar-refractivity contribution in [3.63, 3.8) is 0 Å². The lowest BCUT2D eigenvalue weighted by molar-refractivity contribution is -0.104. The van der Waals surface area contributed by atoms with E-state index in [1.807, 2.05) is 0 Å². The number of aldehydes is 1. The van der Waals surface area contributed by atoms with Gasteiger partial charge in [-0.1, -0.05) is 31.8 Å².